The van der Waals surface area contributed by atoms with Gasteiger partial charge in [0.15, 0.2) is 5.75 Å². The zero-order valence-electron chi connectivity index (χ0n) is 6.75. The average molecular weight is 215 g/mol. The number of nitrogens with zero attached hydrogens (tertiary/aromatic N) is 1. The first-order valence-corrected chi connectivity index (χ1v) is 4.19. The second-order valence-corrected chi connectivity index (χ2v) is 3.05. The first-order chi connectivity index (χ1) is 6.59. The number of para-hydroxylation sites is 1. The summed E-state index contributed by atoms with van der Waals surface area (Å²) in [6, 6.07) is 5.84. The van der Waals surface area contributed by atoms with E-state index in [1.807, 2.05) is 0 Å². The smallest absolute Gasteiger partial charge is 0.449 e. The Balaban J connectivity index is 2.90. The van der Waals surface area contributed by atoms with Crippen molar-refractivity contribution in [3.8, 4) is 5.75 Å². The van der Waals surface area contributed by atoms with Crippen molar-refractivity contribution in [2.75, 3.05) is 0 Å². The summed E-state index contributed by atoms with van der Waals surface area (Å²) >= 11 is 0.301. The molecule has 0 aliphatic rings. The lowest BCUT2D eigenvalue weighted by Crippen LogP contribution is -2.04. The number of hydrogen-bond acceptors (Lipinski definition) is 5. The number of rotatable bonds is 3. The van der Waals surface area contributed by atoms with Crippen molar-refractivity contribution in [2.24, 2.45) is 0 Å². The molecule has 14 heavy (non-hydrogen) atoms. The van der Waals surface area contributed by atoms with Crippen LogP contribution in [-0.2, 0) is 0 Å². The fourth-order valence-electron chi connectivity index (χ4n) is 0.784. The molecule has 0 fully saturated rings. The van der Waals surface area contributed by atoms with Gasteiger partial charge in [0, 0.05) is 0 Å². The average Bonchev–Trinajstić information content (AvgIpc) is 2.06. The predicted molar refractivity (Wildman–Crippen MR) is 47.9 cm³/mol. The number of nitro groups is 1. The van der Waals surface area contributed by atoms with Gasteiger partial charge in [-0.05, 0) is 12.1 Å². The Labute approximate surface area is 82.8 Å². The summed E-state index contributed by atoms with van der Waals surface area (Å²) in [5.41, 5.74) is 0. The molecule has 74 valence electrons. The highest BCUT2D eigenvalue weighted by Crippen LogP contribution is 2.28. The SMILES string of the molecule is O=C(O)Oc1ccccc1S[N+](=O)[O-]. The Hall–Kier alpha value is -1.76. The Morgan fingerprint density at radius 3 is 2.71 bits per heavy atom. The zero-order valence-corrected chi connectivity index (χ0v) is 7.56. The predicted octanol–water partition coefficient (Wildman–Crippen LogP) is 2.03. The summed E-state index contributed by atoms with van der Waals surface area (Å²) in [4.78, 5) is 20.5. The molecule has 0 aliphatic heterocycles. The van der Waals surface area contributed by atoms with Crippen LogP contribution in [0.1, 0.15) is 0 Å². The van der Waals surface area contributed by atoms with Crippen LogP contribution in [0.5, 0.6) is 5.75 Å². The van der Waals surface area contributed by atoms with Gasteiger partial charge in [-0.2, -0.15) is 0 Å². The van der Waals surface area contributed by atoms with Crippen LogP contribution in [-0.4, -0.2) is 15.6 Å². The fourth-order valence-corrected chi connectivity index (χ4v) is 1.28. The molecule has 0 unspecified atom stereocenters. The molecule has 0 spiro atoms. The molecule has 1 aromatic carbocycles. The highest BCUT2D eigenvalue weighted by Gasteiger charge is 2.13. The highest BCUT2D eigenvalue weighted by molar-refractivity contribution is 7.93. The van der Waals surface area contributed by atoms with E-state index in [9.17, 15) is 14.9 Å². The molecule has 1 N–H and O–H groups in total. The maximum absolute atomic E-state index is 10.2. The lowest BCUT2D eigenvalue weighted by Gasteiger charge is -2.01. The Kier molecular flexibility index (Phi) is 3.29. The van der Waals surface area contributed by atoms with Crippen molar-refractivity contribution >= 4 is 18.1 Å². The molecule has 0 bridgehead atoms. The van der Waals surface area contributed by atoms with Gasteiger partial charge in [-0.1, -0.05) is 12.1 Å². The van der Waals surface area contributed by atoms with Gasteiger partial charge in [0.1, 0.15) is 9.22 Å². The van der Waals surface area contributed by atoms with E-state index in [4.69, 9.17) is 5.11 Å². The summed E-state index contributed by atoms with van der Waals surface area (Å²) in [6.07, 6.45) is -1.50. The minimum Gasteiger partial charge on any atom is -0.449 e. The molecule has 0 heterocycles. The van der Waals surface area contributed by atoms with Gasteiger partial charge >= 0.3 is 6.16 Å². The largest absolute Gasteiger partial charge is 0.511 e. The highest BCUT2D eigenvalue weighted by atomic mass is 32.2. The lowest BCUT2D eigenvalue weighted by molar-refractivity contribution is -0.284. The minimum atomic E-state index is -1.50. The Bertz CT molecular complexity index is 332. The number of carbonyl (C=O) groups is 1. The summed E-state index contributed by atoms with van der Waals surface area (Å²) in [5.74, 6) is -0.0401. The van der Waals surface area contributed by atoms with Gasteiger partial charge in [0.05, 0.1) is 0 Å². The van der Waals surface area contributed by atoms with Crippen molar-refractivity contribution in [1.82, 2.24) is 0 Å². The van der Waals surface area contributed by atoms with Gasteiger partial charge in [0.2, 0.25) is 0 Å². The quantitative estimate of drug-likeness (QED) is 0.273. The van der Waals surface area contributed by atoms with Crippen molar-refractivity contribution in [3.63, 3.8) is 0 Å². The van der Waals surface area contributed by atoms with Crippen LogP contribution in [0.3, 0.4) is 0 Å². The van der Waals surface area contributed by atoms with Crippen molar-refractivity contribution in [2.45, 2.75) is 4.90 Å². The van der Waals surface area contributed by atoms with Crippen LogP contribution in [0, 0.1) is 10.1 Å². The van der Waals surface area contributed by atoms with E-state index in [1.54, 1.807) is 6.07 Å². The lowest BCUT2D eigenvalue weighted by atomic mass is 10.3. The van der Waals surface area contributed by atoms with Gasteiger partial charge in [-0.3, -0.25) is 10.1 Å². The fraction of sp³-hybridized carbons (Fsp3) is 0. The van der Waals surface area contributed by atoms with Crippen molar-refractivity contribution < 1.29 is 19.0 Å². The third-order valence-corrected chi connectivity index (χ3v) is 1.90. The molecular formula is C7H5NO5S. The molecule has 0 aliphatic carbocycles. The normalized spacial score (nSPS) is 9.43. The van der Waals surface area contributed by atoms with E-state index in [1.165, 1.54) is 18.2 Å². The summed E-state index contributed by atoms with van der Waals surface area (Å²) in [5, 5.41) is 18.5. The second kappa shape index (κ2) is 4.47. The van der Waals surface area contributed by atoms with Gasteiger partial charge < -0.3 is 9.84 Å². The molecule has 0 saturated heterocycles. The van der Waals surface area contributed by atoms with Crippen molar-refractivity contribution in [1.29, 1.82) is 0 Å². The molecule has 0 radical (unpaired) electrons. The van der Waals surface area contributed by atoms with Crippen LogP contribution >= 0.6 is 11.9 Å². The topological polar surface area (TPSA) is 89.7 Å². The van der Waals surface area contributed by atoms with Crippen LogP contribution in [0.15, 0.2) is 29.2 Å². The van der Waals surface area contributed by atoms with Crippen LogP contribution in [0.25, 0.3) is 0 Å². The molecule has 7 heteroatoms. The van der Waals surface area contributed by atoms with E-state index in [0.29, 0.717) is 11.9 Å². The zero-order chi connectivity index (χ0) is 10.6. The first kappa shape index (κ1) is 10.3. The molecule has 0 amide bonds. The standard InChI is InChI=1S/C7H5NO5S/c9-7(10)13-5-3-1-2-4-6(5)14-8(11)12/h1-4H,(H,9,10). The maximum Gasteiger partial charge on any atom is 0.511 e. The molecule has 1 rings (SSSR count). The van der Waals surface area contributed by atoms with E-state index < -0.39 is 10.5 Å². The molecule has 0 aromatic heterocycles. The first-order valence-electron chi connectivity index (χ1n) is 3.42. The summed E-state index contributed by atoms with van der Waals surface area (Å²) in [7, 11) is 0. The molecule has 6 nitrogen and oxygen atoms in total. The third-order valence-electron chi connectivity index (χ3n) is 1.22. The third kappa shape index (κ3) is 2.94. The number of carboxylic acid groups (broad SMARTS) is 1. The Morgan fingerprint density at radius 1 is 1.50 bits per heavy atom. The minimum absolute atomic E-state index is 0.0401. The van der Waals surface area contributed by atoms with Crippen LogP contribution in [0.2, 0.25) is 0 Å². The molecule has 1 aromatic rings. The molecule has 0 saturated carbocycles. The summed E-state index contributed by atoms with van der Waals surface area (Å²) in [6.45, 7) is 0. The second-order valence-electron chi connectivity index (χ2n) is 2.13. The van der Waals surface area contributed by atoms with E-state index in [-0.39, 0.29) is 10.6 Å². The molecular weight excluding hydrogens is 210 g/mol. The summed E-state index contributed by atoms with van der Waals surface area (Å²) < 4.78 is 3.70. The van der Waals surface area contributed by atoms with Crippen LogP contribution in [0.4, 0.5) is 4.79 Å². The maximum atomic E-state index is 10.2. The number of benzene rings is 1. The van der Waals surface area contributed by atoms with E-state index >= 15 is 0 Å². The van der Waals surface area contributed by atoms with Crippen LogP contribution < -0.4 is 4.74 Å². The van der Waals surface area contributed by atoms with E-state index in [0.717, 1.165) is 0 Å². The van der Waals surface area contributed by atoms with Gasteiger partial charge in [0.25, 0.3) is 11.9 Å². The Morgan fingerprint density at radius 2 is 2.14 bits per heavy atom. The van der Waals surface area contributed by atoms with E-state index in [2.05, 4.69) is 4.74 Å². The van der Waals surface area contributed by atoms with Crippen molar-refractivity contribution in [3.05, 3.63) is 34.4 Å². The molecule has 0 atom stereocenters. The van der Waals surface area contributed by atoms with Gasteiger partial charge in [-0.25, -0.2) is 4.79 Å². The number of hydrogen-bond donors (Lipinski definition) is 1. The monoisotopic (exact) mass is 215 g/mol. The number of ether oxygens (including phenoxy) is 1. The van der Waals surface area contributed by atoms with Gasteiger partial charge in [-0.15, -0.1) is 0 Å².